The molecule has 1 aliphatic rings. The van der Waals surface area contributed by atoms with E-state index in [9.17, 15) is 13.2 Å². The zero-order chi connectivity index (χ0) is 16.3. The van der Waals surface area contributed by atoms with Gasteiger partial charge in [-0.1, -0.05) is 12.1 Å². The molecule has 0 atom stereocenters. The topological polar surface area (TPSA) is 83.7 Å². The second-order valence-electron chi connectivity index (χ2n) is 5.53. The van der Waals surface area contributed by atoms with Crippen LogP contribution in [-0.2, 0) is 10.0 Å². The molecule has 1 aromatic carbocycles. The lowest BCUT2D eigenvalue weighted by molar-refractivity contribution is 0.0687. The molecule has 2 N–H and O–H groups in total. The molecule has 6 nitrogen and oxygen atoms in total. The summed E-state index contributed by atoms with van der Waals surface area (Å²) in [5.41, 5.74) is 6.83. The van der Waals surface area contributed by atoms with E-state index in [2.05, 4.69) is 0 Å². The van der Waals surface area contributed by atoms with Gasteiger partial charge in [-0.25, -0.2) is 12.7 Å². The van der Waals surface area contributed by atoms with Gasteiger partial charge in [0.05, 0.1) is 11.3 Å². The third kappa shape index (κ3) is 3.41. The molecule has 1 amide bonds. The maximum atomic E-state index is 12.5. The molecule has 7 heteroatoms. The van der Waals surface area contributed by atoms with Crippen LogP contribution in [0.1, 0.15) is 30.1 Å². The number of rotatable bonds is 4. The SMILES string of the molecule is CCS(=O)(=O)N(C)C1CCN(C(=O)c2ccccc2N)CC1. The maximum Gasteiger partial charge on any atom is 0.255 e. The fraction of sp³-hybridized carbons (Fsp3) is 0.533. The van der Waals surface area contributed by atoms with Crippen LogP contribution in [0.3, 0.4) is 0 Å². The standard InChI is InChI=1S/C15H23N3O3S/c1-3-22(20,21)17(2)12-8-10-18(11-9-12)15(19)13-6-4-5-7-14(13)16/h4-7,12H,3,8-11,16H2,1-2H3. The van der Waals surface area contributed by atoms with Crippen LogP contribution in [0, 0.1) is 0 Å². The molecular weight excluding hydrogens is 302 g/mol. The van der Waals surface area contributed by atoms with Crippen molar-refractivity contribution < 1.29 is 13.2 Å². The van der Waals surface area contributed by atoms with Gasteiger partial charge in [-0.15, -0.1) is 0 Å². The molecule has 2 rings (SSSR count). The van der Waals surface area contributed by atoms with Crippen molar-refractivity contribution in [2.45, 2.75) is 25.8 Å². The Labute approximate surface area is 131 Å². The van der Waals surface area contributed by atoms with Gasteiger partial charge in [0.25, 0.3) is 5.91 Å². The van der Waals surface area contributed by atoms with Gasteiger partial charge in [0.2, 0.25) is 10.0 Å². The molecule has 1 heterocycles. The summed E-state index contributed by atoms with van der Waals surface area (Å²) in [5, 5.41) is 0. The summed E-state index contributed by atoms with van der Waals surface area (Å²) in [6.45, 7) is 2.73. The minimum Gasteiger partial charge on any atom is -0.398 e. The lowest BCUT2D eigenvalue weighted by Gasteiger charge is -2.36. The van der Waals surface area contributed by atoms with Gasteiger partial charge >= 0.3 is 0 Å². The van der Waals surface area contributed by atoms with E-state index in [1.54, 1.807) is 43.1 Å². The Balaban J connectivity index is 2.01. The Kier molecular flexibility index (Phi) is 5.08. The van der Waals surface area contributed by atoms with Gasteiger partial charge in [-0.05, 0) is 31.9 Å². The number of carbonyl (C=O) groups is 1. The van der Waals surface area contributed by atoms with E-state index in [1.807, 2.05) is 0 Å². The van der Waals surface area contributed by atoms with E-state index in [-0.39, 0.29) is 17.7 Å². The second-order valence-corrected chi connectivity index (χ2v) is 7.84. The number of nitrogens with two attached hydrogens (primary N) is 1. The molecule has 0 saturated carbocycles. The van der Waals surface area contributed by atoms with E-state index in [1.165, 1.54) is 4.31 Å². The average molecular weight is 325 g/mol. The summed E-state index contributed by atoms with van der Waals surface area (Å²) >= 11 is 0. The molecule has 1 aliphatic heterocycles. The molecule has 0 aromatic heterocycles. The Bertz CT molecular complexity index is 637. The highest BCUT2D eigenvalue weighted by molar-refractivity contribution is 7.89. The molecule has 0 bridgehead atoms. The molecule has 22 heavy (non-hydrogen) atoms. The molecule has 0 spiro atoms. The van der Waals surface area contributed by atoms with Crippen molar-refractivity contribution in [2.24, 2.45) is 0 Å². The molecule has 0 radical (unpaired) electrons. The largest absolute Gasteiger partial charge is 0.398 e. The quantitative estimate of drug-likeness (QED) is 0.842. The first-order valence-electron chi connectivity index (χ1n) is 7.46. The van der Waals surface area contributed by atoms with Crippen LogP contribution in [0.2, 0.25) is 0 Å². The van der Waals surface area contributed by atoms with Crippen LogP contribution >= 0.6 is 0 Å². The first kappa shape index (κ1) is 16.8. The normalized spacial score (nSPS) is 17.0. The number of carbonyl (C=O) groups excluding carboxylic acids is 1. The molecule has 122 valence electrons. The van der Waals surface area contributed by atoms with E-state index in [0.29, 0.717) is 37.2 Å². The number of nitrogen functional groups attached to an aromatic ring is 1. The first-order chi connectivity index (χ1) is 10.4. The van der Waals surface area contributed by atoms with Crippen LogP contribution in [0.25, 0.3) is 0 Å². The molecule has 1 saturated heterocycles. The number of anilines is 1. The van der Waals surface area contributed by atoms with Crippen molar-refractivity contribution in [2.75, 3.05) is 31.6 Å². The predicted octanol–water partition coefficient (Wildman–Crippen LogP) is 1.15. The molecule has 0 aliphatic carbocycles. The Morgan fingerprint density at radius 2 is 1.91 bits per heavy atom. The fourth-order valence-electron chi connectivity index (χ4n) is 2.73. The number of hydrogen-bond acceptors (Lipinski definition) is 4. The lowest BCUT2D eigenvalue weighted by Crippen LogP contribution is -2.47. The molecule has 1 aromatic rings. The van der Waals surface area contributed by atoms with Crippen LogP contribution in [0.15, 0.2) is 24.3 Å². The first-order valence-corrected chi connectivity index (χ1v) is 9.07. The average Bonchev–Trinajstić information content (AvgIpc) is 2.54. The van der Waals surface area contributed by atoms with Gasteiger partial charge in [0, 0.05) is 31.9 Å². The van der Waals surface area contributed by atoms with Crippen molar-refractivity contribution in [3.8, 4) is 0 Å². The fourth-order valence-corrected chi connectivity index (χ4v) is 3.80. The number of benzene rings is 1. The lowest BCUT2D eigenvalue weighted by atomic mass is 10.0. The van der Waals surface area contributed by atoms with Crippen LogP contribution in [-0.4, -0.2) is 55.5 Å². The Hall–Kier alpha value is -1.60. The highest BCUT2D eigenvalue weighted by Gasteiger charge is 2.30. The van der Waals surface area contributed by atoms with Gasteiger partial charge in [-0.2, -0.15) is 0 Å². The number of sulfonamides is 1. The van der Waals surface area contributed by atoms with Crippen LogP contribution in [0.5, 0.6) is 0 Å². The summed E-state index contributed by atoms with van der Waals surface area (Å²) in [6.07, 6.45) is 1.29. The van der Waals surface area contributed by atoms with Crippen molar-refractivity contribution in [1.82, 2.24) is 9.21 Å². The van der Waals surface area contributed by atoms with Crippen LogP contribution < -0.4 is 5.73 Å². The summed E-state index contributed by atoms with van der Waals surface area (Å²) < 4.78 is 25.3. The minimum atomic E-state index is -3.18. The Morgan fingerprint density at radius 3 is 2.45 bits per heavy atom. The smallest absolute Gasteiger partial charge is 0.255 e. The summed E-state index contributed by atoms with van der Waals surface area (Å²) in [6, 6.07) is 6.97. The molecule has 0 unspecified atom stereocenters. The van der Waals surface area contributed by atoms with Gasteiger partial charge < -0.3 is 10.6 Å². The summed E-state index contributed by atoms with van der Waals surface area (Å²) in [7, 11) is -1.56. The molecular formula is C15H23N3O3S. The Morgan fingerprint density at radius 1 is 1.32 bits per heavy atom. The third-order valence-electron chi connectivity index (χ3n) is 4.26. The van der Waals surface area contributed by atoms with Crippen molar-refractivity contribution in [3.63, 3.8) is 0 Å². The molecule has 1 fully saturated rings. The number of hydrogen-bond donors (Lipinski definition) is 1. The van der Waals surface area contributed by atoms with Crippen molar-refractivity contribution in [1.29, 1.82) is 0 Å². The highest BCUT2D eigenvalue weighted by Crippen LogP contribution is 2.21. The van der Waals surface area contributed by atoms with Crippen molar-refractivity contribution >= 4 is 21.6 Å². The summed E-state index contributed by atoms with van der Waals surface area (Å²) in [4.78, 5) is 14.2. The number of para-hydroxylation sites is 1. The van der Waals surface area contributed by atoms with Gasteiger partial charge in [-0.3, -0.25) is 4.79 Å². The summed E-state index contributed by atoms with van der Waals surface area (Å²) in [5.74, 6) is 0.0148. The monoisotopic (exact) mass is 325 g/mol. The van der Waals surface area contributed by atoms with E-state index < -0.39 is 10.0 Å². The van der Waals surface area contributed by atoms with Gasteiger partial charge in [0.15, 0.2) is 0 Å². The number of piperidine rings is 1. The zero-order valence-corrected chi connectivity index (χ0v) is 13.8. The van der Waals surface area contributed by atoms with E-state index in [0.717, 1.165) is 0 Å². The maximum absolute atomic E-state index is 12.5. The highest BCUT2D eigenvalue weighted by atomic mass is 32.2. The van der Waals surface area contributed by atoms with E-state index in [4.69, 9.17) is 5.73 Å². The number of nitrogens with zero attached hydrogens (tertiary/aromatic N) is 2. The number of amides is 1. The second kappa shape index (κ2) is 6.66. The van der Waals surface area contributed by atoms with Crippen LogP contribution in [0.4, 0.5) is 5.69 Å². The number of likely N-dealkylation sites (tertiary alicyclic amines) is 1. The van der Waals surface area contributed by atoms with Crippen molar-refractivity contribution in [3.05, 3.63) is 29.8 Å². The van der Waals surface area contributed by atoms with E-state index >= 15 is 0 Å². The minimum absolute atomic E-state index is 0.0397. The zero-order valence-electron chi connectivity index (χ0n) is 13.0. The third-order valence-corrected chi connectivity index (χ3v) is 6.17. The predicted molar refractivity (Wildman–Crippen MR) is 87.0 cm³/mol. The van der Waals surface area contributed by atoms with Gasteiger partial charge in [0.1, 0.15) is 0 Å².